The summed E-state index contributed by atoms with van der Waals surface area (Å²) in [5.41, 5.74) is 1.16. The summed E-state index contributed by atoms with van der Waals surface area (Å²) in [5.74, 6) is 0.480. The van der Waals surface area contributed by atoms with Crippen LogP contribution in [-0.2, 0) is 17.5 Å². The summed E-state index contributed by atoms with van der Waals surface area (Å²) in [5, 5.41) is 6.00. The van der Waals surface area contributed by atoms with Gasteiger partial charge >= 0.3 is 12.3 Å². The number of carbonyl (C=O) groups is 1. The quantitative estimate of drug-likeness (QED) is 0.748. The Morgan fingerprint density at radius 2 is 1.89 bits per heavy atom. The molecule has 1 saturated carbocycles. The van der Waals surface area contributed by atoms with Crippen molar-refractivity contribution >= 4 is 11.8 Å². The summed E-state index contributed by atoms with van der Waals surface area (Å²) in [7, 11) is 0. The highest BCUT2D eigenvalue weighted by atomic mass is 19.4. The average Bonchev–Trinajstić information content (AvgIpc) is 3.51. The molecule has 1 heterocycles. The number of halogens is 3. The van der Waals surface area contributed by atoms with Gasteiger partial charge in [-0.25, -0.2) is 4.79 Å². The third-order valence-corrected chi connectivity index (χ3v) is 5.25. The molecule has 2 atom stereocenters. The molecule has 1 fully saturated rings. The first kappa shape index (κ1) is 18.7. The van der Waals surface area contributed by atoms with Gasteiger partial charge in [0.15, 0.2) is 0 Å². The Morgan fingerprint density at radius 3 is 2.57 bits per heavy atom. The summed E-state index contributed by atoms with van der Waals surface area (Å²) in [6.07, 6.45) is -3.14. The highest BCUT2D eigenvalue weighted by Gasteiger charge is 2.40. The Kier molecular flexibility index (Phi) is 4.91. The number of anilines is 1. The number of hydrogen-bond acceptors (Lipinski definition) is 3. The standard InChI is InChI=1S/C21H21F3N2O2/c22-21(23,24)15-8-9-17-16(10-15)19(11-18(26-17)14-6-7-14)28-20(27)25-12-13-4-2-1-3-5-13/h1-5,8-10,14,18-19,26H,6-7,11-12H2,(H,25,27). The van der Waals surface area contributed by atoms with Crippen molar-refractivity contribution in [2.24, 2.45) is 5.92 Å². The van der Waals surface area contributed by atoms with E-state index in [0.29, 0.717) is 30.1 Å². The molecule has 7 heteroatoms. The van der Waals surface area contributed by atoms with Crippen molar-refractivity contribution < 1.29 is 22.7 Å². The molecular weight excluding hydrogens is 369 g/mol. The van der Waals surface area contributed by atoms with Gasteiger partial charge in [-0.3, -0.25) is 0 Å². The first-order chi connectivity index (χ1) is 13.4. The van der Waals surface area contributed by atoms with Crippen molar-refractivity contribution in [1.29, 1.82) is 0 Å². The lowest BCUT2D eigenvalue weighted by Crippen LogP contribution is -2.34. The molecule has 1 amide bonds. The van der Waals surface area contributed by atoms with E-state index in [2.05, 4.69) is 10.6 Å². The predicted molar refractivity (Wildman–Crippen MR) is 98.7 cm³/mol. The van der Waals surface area contributed by atoms with Crippen LogP contribution in [-0.4, -0.2) is 12.1 Å². The van der Waals surface area contributed by atoms with E-state index in [1.54, 1.807) is 0 Å². The molecule has 2 aliphatic rings. The molecule has 0 spiro atoms. The van der Waals surface area contributed by atoms with Gasteiger partial charge in [0.2, 0.25) is 0 Å². The lowest BCUT2D eigenvalue weighted by molar-refractivity contribution is -0.137. The molecule has 1 aliphatic carbocycles. The molecule has 4 nitrogen and oxygen atoms in total. The maximum atomic E-state index is 13.1. The summed E-state index contributed by atoms with van der Waals surface area (Å²) in [4.78, 5) is 12.3. The molecule has 1 aliphatic heterocycles. The van der Waals surface area contributed by atoms with E-state index in [1.165, 1.54) is 6.07 Å². The van der Waals surface area contributed by atoms with Crippen LogP contribution < -0.4 is 10.6 Å². The normalized spacial score (nSPS) is 21.4. The molecule has 2 aromatic rings. The van der Waals surface area contributed by atoms with E-state index < -0.39 is 23.9 Å². The van der Waals surface area contributed by atoms with Gasteiger partial charge in [0.05, 0.1) is 5.56 Å². The molecule has 0 radical (unpaired) electrons. The summed E-state index contributed by atoms with van der Waals surface area (Å²) in [6, 6.07) is 13.0. The van der Waals surface area contributed by atoms with Crippen LogP contribution in [0.25, 0.3) is 0 Å². The molecule has 2 aromatic carbocycles. The van der Waals surface area contributed by atoms with Crippen LogP contribution in [0.15, 0.2) is 48.5 Å². The fraction of sp³-hybridized carbons (Fsp3) is 0.381. The van der Waals surface area contributed by atoms with Crippen LogP contribution in [0.4, 0.5) is 23.7 Å². The minimum Gasteiger partial charge on any atom is -0.441 e. The monoisotopic (exact) mass is 390 g/mol. The van der Waals surface area contributed by atoms with Gasteiger partial charge < -0.3 is 15.4 Å². The minimum atomic E-state index is -4.44. The van der Waals surface area contributed by atoms with Gasteiger partial charge in [-0.1, -0.05) is 30.3 Å². The summed E-state index contributed by atoms with van der Waals surface area (Å²) >= 11 is 0. The smallest absolute Gasteiger partial charge is 0.416 e. The first-order valence-corrected chi connectivity index (χ1v) is 9.36. The SMILES string of the molecule is O=C(NCc1ccccc1)OC1CC(C2CC2)Nc2ccc(C(F)(F)F)cc21. The topological polar surface area (TPSA) is 50.4 Å². The third kappa shape index (κ3) is 4.24. The largest absolute Gasteiger partial charge is 0.441 e. The van der Waals surface area contributed by atoms with E-state index in [0.717, 1.165) is 30.5 Å². The summed E-state index contributed by atoms with van der Waals surface area (Å²) < 4.78 is 44.9. The molecule has 28 heavy (non-hydrogen) atoms. The van der Waals surface area contributed by atoms with Crippen LogP contribution >= 0.6 is 0 Å². The van der Waals surface area contributed by atoms with Gasteiger partial charge in [0, 0.05) is 30.3 Å². The van der Waals surface area contributed by atoms with Gasteiger partial charge in [-0.2, -0.15) is 13.2 Å². The molecule has 0 aromatic heterocycles. The zero-order valence-electron chi connectivity index (χ0n) is 15.1. The Hall–Kier alpha value is -2.70. The fourth-order valence-electron chi connectivity index (χ4n) is 3.61. The number of alkyl carbamates (subject to hydrolysis) is 1. The molecule has 148 valence electrons. The van der Waals surface area contributed by atoms with Crippen LogP contribution in [0.1, 0.15) is 42.1 Å². The number of rotatable bonds is 4. The van der Waals surface area contributed by atoms with Gasteiger partial charge in [0.1, 0.15) is 6.10 Å². The van der Waals surface area contributed by atoms with Crippen molar-refractivity contribution in [1.82, 2.24) is 5.32 Å². The lowest BCUT2D eigenvalue weighted by atomic mass is 9.91. The molecule has 2 unspecified atom stereocenters. The maximum absolute atomic E-state index is 13.1. The highest BCUT2D eigenvalue weighted by Crippen LogP contribution is 2.45. The number of carbonyl (C=O) groups excluding carboxylic acids is 1. The number of amides is 1. The zero-order chi connectivity index (χ0) is 19.7. The predicted octanol–water partition coefficient (Wildman–Crippen LogP) is 5.27. The van der Waals surface area contributed by atoms with Crippen molar-refractivity contribution in [3.63, 3.8) is 0 Å². The number of fused-ring (bicyclic) bond motifs is 1. The van der Waals surface area contributed by atoms with Gasteiger partial charge in [0.25, 0.3) is 0 Å². The highest BCUT2D eigenvalue weighted by molar-refractivity contribution is 5.68. The number of nitrogens with one attached hydrogen (secondary N) is 2. The van der Waals surface area contributed by atoms with Crippen molar-refractivity contribution in [2.75, 3.05) is 5.32 Å². The first-order valence-electron chi connectivity index (χ1n) is 9.36. The van der Waals surface area contributed by atoms with E-state index in [4.69, 9.17) is 4.74 Å². The molecule has 4 rings (SSSR count). The zero-order valence-corrected chi connectivity index (χ0v) is 15.1. The van der Waals surface area contributed by atoms with Crippen LogP contribution in [0.2, 0.25) is 0 Å². The second-order valence-corrected chi connectivity index (χ2v) is 7.36. The second kappa shape index (κ2) is 7.37. The Bertz CT molecular complexity index is 850. The van der Waals surface area contributed by atoms with Gasteiger partial charge in [-0.15, -0.1) is 0 Å². The van der Waals surface area contributed by atoms with Gasteiger partial charge in [-0.05, 0) is 42.5 Å². The fourth-order valence-corrected chi connectivity index (χ4v) is 3.61. The van der Waals surface area contributed by atoms with Crippen LogP contribution in [0.5, 0.6) is 0 Å². The molecule has 0 saturated heterocycles. The van der Waals surface area contributed by atoms with Crippen molar-refractivity contribution in [2.45, 2.75) is 44.1 Å². The summed E-state index contributed by atoms with van der Waals surface area (Å²) in [6.45, 7) is 0.298. The molecule has 2 N–H and O–H groups in total. The average molecular weight is 390 g/mol. The number of alkyl halides is 3. The number of ether oxygens (including phenoxy) is 1. The molecular formula is C21H21F3N2O2. The maximum Gasteiger partial charge on any atom is 0.416 e. The van der Waals surface area contributed by atoms with E-state index >= 15 is 0 Å². The second-order valence-electron chi connectivity index (χ2n) is 7.36. The van der Waals surface area contributed by atoms with Crippen molar-refractivity contribution in [3.05, 3.63) is 65.2 Å². The van der Waals surface area contributed by atoms with Crippen LogP contribution in [0.3, 0.4) is 0 Å². The molecule has 0 bridgehead atoms. The Morgan fingerprint density at radius 1 is 1.14 bits per heavy atom. The van der Waals surface area contributed by atoms with E-state index in [1.807, 2.05) is 30.3 Å². The minimum absolute atomic E-state index is 0.108. The lowest BCUT2D eigenvalue weighted by Gasteiger charge is -2.33. The number of benzene rings is 2. The third-order valence-electron chi connectivity index (χ3n) is 5.25. The van der Waals surface area contributed by atoms with E-state index in [9.17, 15) is 18.0 Å². The number of hydrogen-bond donors (Lipinski definition) is 2. The Balaban J connectivity index is 1.50. The van der Waals surface area contributed by atoms with Crippen LogP contribution in [0, 0.1) is 5.92 Å². The Labute approximate surface area is 161 Å². The van der Waals surface area contributed by atoms with E-state index in [-0.39, 0.29) is 6.04 Å². The van der Waals surface area contributed by atoms with Crippen molar-refractivity contribution in [3.8, 4) is 0 Å².